The highest BCUT2D eigenvalue weighted by Gasteiger charge is 2.18. The quantitative estimate of drug-likeness (QED) is 0.795. The van der Waals surface area contributed by atoms with Crippen LogP contribution in [0, 0.1) is 5.92 Å². The van der Waals surface area contributed by atoms with E-state index in [9.17, 15) is 4.79 Å². The van der Waals surface area contributed by atoms with Crippen molar-refractivity contribution >= 4 is 13.1 Å². The lowest BCUT2D eigenvalue weighted by Gasteiger charge is -2.26. The lowest BCUT2D eigenvalue weighted by molar-refractivity contribution is -0.109. The van der Waals surface area contributed by atoms with E-state index in [1.807, 2.05) is 38.8 Å². The summed E-state index contributed by atoms with van der Waals surface area (Å²) in [6.45, 7) is 10.1. The van der Waals surface area contributed by atoms with Crippen LogP contribution in [0.5, 0.6) is 0 Å². The number of carbonyl (C=O) groups excluding carboxylic acids is 2. The zero-order valence-corrected chi connectivity index (χ0v) is 14.6. The minimum absolute atomic E-state index is 0.156. The number of rotatable bonds is 6. The fourth-order valence-corrected chi connectivity index (χ4v) is 2.81. The summed E-state index contributed by atoms with van der Waals surface area (Å²) >= 11 is 0. The van der Waals surface area contributed by atoms with Crippen molar-refractivity contribution in [2.75, 3.05) is 0 Å². The predicted octanol–water partition coefficient (Wildman–Crippen LogP) is 4.32. The molecule has 1 fully saturated rings. The van der Waals surface area contributed by atoms with Gasteiger partial charge in [0.15, 0.2) is 0 Å². The van der Waals surface area contributed by atoms with Crippen molar-refractivity contribution in [3.05, 3.63) is 48.2 Å². The number of allylic oxidation sites excluding steroid dienone is 1. The van der Waals surface area contributed by atoms with Gasteiger partial charge in [-0.05, 0) is 30.7 Å². The molecule has 1 saturated carbocycles. The molecule has 0 bridgehead atoms. The molecule has 3 nitrogen and oxygen atoms in total. The SMILES string of the molecule is C=C(N[C@H](C=O)Cc1ccccc1)C1CCCCC1.C=O.CC. The van der Waals surface area contributed by atoms with E-state index in [2.05, 4.69) is 24.0 Å². The summed E-state index contributed by atoms with van der Waals surface area (Å²) in [5.41, 5.74) is 2.23. The lowest BCUT2D eigenvalue weighted by atomic mass is 9.87. The average Bonchev–Trinajstić information content (AvgIpc) is 2.66. The standard InChI is InChI=1S/C17H23NO.C2H6.CH2O/c1-14(16-10-6-3-7-11-16)18-17(13-19)12-15-8-4-2-5-9-15;2*1-2/h2,4-5,8-9,13,16-18H,1,3,6-7,10-12H2;1-2H3;1H2/t17-;;/m0../s1. The Kier molecular flexibility index (Phi) is 12.6. The van der Waals surface area contributed by atoms with Crippen LogP contribution in [0.4, 0.5) is 0 Å². The normalized spacial score (nSPS) is 15.0. The van der Waals surface area contributed by atoms with E-state index in [1.54, 1.807) is 0 Å². The Morgan fingerprint density at radius 3 is 2.26 bits per heavy atom. The molecule has 128 valence electrons. The molecule has 1 N–H and O–H groups in total. The molecule has 0 saturated heterocycles. The van der Waals surface area contributed by atoms with Gasteiger partial charge >= 0.3 is 0 Å². The van der Waals surface area contributed by atoms with Crippen LogP contribution in [0.15, 0.2) is 42.6 Å². The Morgan fingerprint density at radius 1 is 1.17 bits per heavy atom. The first-order valence-electron chi connectivity index (χ1n) is 8.53. The van der Waals surface area contributed by atoms with E-state index < -0.39 is 0 Å². The van der Waals surface area contributed by atoms with Gasteiger partial charge in [-0.3, -0.25) is 0 Å². The average molecular weight is 317 g/mol. The van der Waals surface area contributed by atoms with E-state index in [0.717, 1.165) is 18.4 Å². The van der Waals surface area contributed by atoms with Crippen molar-refractivity contribution in [1.29, 1.82) is 0 Å². The van der Waals surface area contributed by atoms with Crippen molar-refractivity contribution < 1.29 is 9.59 Å². The Bertz CT molecular complexity index is 425. The topological polar surface area (TPSA) is 46.2 Å². The summed E-state index contributed by atoms with van der Waals surface area (Å²) in [6, 6.07) is 9.97. The van der Waals surface area contributed by atoms with E-state index in [-0.39, 0.29) is 6.04 Å². The lowest BCUT2D eigenvalue weighted by Crippen LogP contribution is -2.34. The molecule has 0 radical (unpaired) electrons. The maximum absolute atomic E-state index is 11.2. The number of aldehydes is 1. The van der Waals surface area contributed by atoms with Crippen molar-refractivity contribution in [2.45, 2.75) is 58.4 Å². The highest BCUT2D eigenvalue weighted by Crippen LogP contribution is 2.27. The van der Waals surface area contributed by atoms with Crippen molar-refractivity contribution in [3.8, 4) is 0 Å². The zero-order valence-electron chi connectivity index (χ0n) is 14.6. The first kappa shape index (κ1) is 21.1. The number of hydrogen-bond donors (Lipinski definition) is 1. The maximum atomic E-state index is 11.2. The highest BCUT2D eigenvalue weighted by atomic mass is 16.1. The van der Waals surface area contributed by atoms with Gasteiger partial charge in [0.2, 0.25) is 0 Å². The second kappa shape index (κ2) is 13.7. The van der Waals surface area contributed by atoms with Crippen LogP contribution >= 0.6 is 0 Å². The third-order valence-corrected chi connectivity index (χ3v) is 3.93. The molecule has 0 heterocycles. The molecular formula is C20H31NO2. The molecule has 2 rings (SSSR count). The Labute approximate surface area is 141 Å². The van der Waals surface area contributed by atoms with Gasteiger partial charge in [0.1, 0.15) is 13.1 Å². The summed E-state index contributed by atoms with van der Waals surface area (Å²) in [5, 5.41) is 3.32. The molecule has 23 heavy (non-hydrogen) atoms. The number of benzene rings is 1. The Balaban J connectivity index is 0.00000112. The molecule has 1 aliphatic carbocycles. The first-order valence-corrected chi connectivity index (χ1v) is 8.53. The van der Waals surface area contributed by atoms with Crippen LogP contribution < -0.4 is 5.32 Å². The van der Waals surface area contributed by atoms with Crippen LogP contribution in [0.2, 0.25) is 0 Å². The summed E-state index contributed by atoms with van der Waals surface area (Å²) in [4.78, 5) is 19.2. The smallest absolute Gasteiger partial charge is 0.142 e. The predicted molar refractivity (Wildman–Crippen MR) is 97.3 cm³/mol. The van der Waals surface area contributed by atoms with Gasteiger partial charge < -0.3 is 14.9 Å². The van der Waals surface area contributed by atoms with Crippen LogP contribution in [0.1, 0.15) is 51.5 Å². The Morgan fingerprint density at radius 2 is 1.74 bits per heavy atom. The third kappa shape index (κ3) is 8.34. The third-order valence-electron chi connectivity index (χ3n) is 3.93. The van der Waals surface area contributed by atoms with Crippen molar-refractivity contribution in [1.82, 2.24) is 5.32 Å². The van der Waals surface area contributed by atoms with Crippen molar-refractivity contribution in [3.63, 3.8) is 0 Å². The summed E-state index contributed by atoms with van der Waals surface area (Å²) < 4.78 is 0. The van der Waals surface area contributed by atoms with E-state index in [1.165, 1.54) is 37.7 Å². The van der Waals surface area contributed by atoms with Gasteiger partial charge in [-0.15, -0.1) is 0 Å². The Hall–Kier alpha value is -1.90. The number of nitrogens with one attached hydrogen (secondary N) is 1. The number of carbonyl (C=O) groups is 2. The molecule has 1 aromatic carbocycles. The van der Waals surface area contributed by atoms with Gasteiger partial charge in [0.25, 0.3) is 0 Å². The molecule has 0 amide bonds. The van der Waals surface area contributed by atoms with Crippen LogP contribution in [-0.2, 0) is 16.0 Å². The van der Waals surface area contributed by atoms with E-state index in [4.69, 9.17) is 4.79 Å². The monoisotopic (exact) mass is 317 g/mol. The van der Waals surface area contributed by atoms with Crippen LogP contribution in [-0.4, -0.2) is 19.1 Å². The van der Waals surface area contributed by atoms with Crippen molar-refractivity contribution in [2.24, 2.45) is 5.92 Å². The van der Waals surface area contributed by atoms with Gasteiger partial charge in [-0.2, -0.15) is 0 Å². The summed E-state index contributed by atoms with van der Waals surface area (Å²) in [7, 11) is 0. The molecular weight excluding hydrogens is 286 g/mol. The second-order valence-electron chi connectivity index (χ2n) is 5.44. The second-order valence-corrected chi connectivity index (χ2v) is 5.44. The molecule has 1 aromatic rings. The van der Waals surface area contributed by atoms with Gasteiger partial charge in [-0.25, -0.2) is 0 Å². The van der Waals surface area contributed by atoms with Crippen LogP contribution in [0.25, 0.3) is 0 Å². The molecule has 0 spiro atoms. The summed E-state index contributed by atoms with van der Waals surface area (Å²) in [6.07, 6.45) is 8.07. The minimum Gasteiger partial charge on any atom is -0.379 e. The van der Waals surface area contributed by atoms with E-state index in [0.29, 0.717) is 5.92 Å². The molecule has 3 heteroatoms. The molecule has 1 atom stereocenters. The molecule has 0 aromatic heterocycles. The fourth-order valence-electron chi connectivity index (χ4n) is 2.81. The van der Waals surface area contributed by atoms with Gasteiger partial charge in [0, 0.05) is 5.70 Å². The van der Waals surface area contributed by atoms with Gasteiger partial charge in [0.05, 0.1) is 6.04 Å². The van der Waals surface area contributed by atoms with E-state index >= 15 is 0 Å². The van der Waals surface area contributed by atoms with Crippen LogP contribution in [0.3, 0.4) is 0 Å². The highest BCUT2D eigenvalue weighted by molar-refractivity contribution is 5.59. The summed E-state index contributed by atoms with van der Waals surface area (Å²) in [5.74, 6) is 0.548. The molecule has 1 aliphatic rings. The zero-order chi connectivity index (χ0) is 17.5. The minimum atomic E-state index is -0.156. The molecule has 0 aliphatic heterocycles. The fraction of sp³-hybridized carbons (Fsp3) is 0.500. The first-order chi connectivity index (χ1) is 11.3. The van der Waals surface area contributed by atoms with Gasteiger partial charge in [-0.1, -0.05) is 70.0 Å². The largest absolute Gasteiger partial charge is 0.379 e. The molecule has 0 unspecified atom stereocenters. The number of hydrogen-bond acceptors (Lipinski definition) is 3. The maximum Gasteiger partial charge on any atom is 0.142 e.